The fourth-order valence-electron chi connectivity index (χ4n) is 7.05. The third-order valence-corrected chi connectivity index (χ3v) is 11.3. The minimum atomic E-state index is -0.834. The van der Waals surface area contributed by atoms with E-state index in [1.807, 2.05) is 0 Å². The molecule has 0 spiro atoms. The maximum atomic E-state index is 12.9. The molecule has 0 unspecified atom stereocenters. The molecular formula is C65H102O6. The van der Waals surface area contributed by atoms with E-state index in [4.69, 9.17) is 14.2 Å². The standard InChI is InChI=1S/C65H102O6/c1-4-7-10-13-16-19-22-25-28-31-32-35-38-41-44-47-50-53-56-59-65(68)71-62(60-69-63(66)57-54-51-48-45-42-39-36-33-29-26-23-20-17-14-11-8-5-2)61-70-64(67)58-55-52-49-46-43-40-37-34-30-27-24-21-18-15-12-9-6-3/h7,10,16-21,25-30,32,35-37,39-41,44-45,48,62H,4-6,8-9,11-15,22-24,31,33-34,38,42-43,46-47,49-61H2,1-3H3/b10-7-,19-16-,20-17-,21-18-,28-25-,29-26-,30-27-,35-32-,39-36-,40-37-,44-41-,48-45-/t62-/m1/s1. The van der Waals surface area contributed by atoms with Gasteiger partial charge in [-0.1, -0.05) is 212 Å². The molecule has 0 aliphatic heterocycles. The molecule has 71 heavy (non-hydrogen) atoms. The normalized spacial score (nSPS) is 13.2. The van der Waals surface area contributed by atoms with Crippen molar-refractivity contribution in [2.24, 2.45) is 0 Å². The van der Waals surface area contributed by atoms with E-state index >= 15 is 0 Å². The monoisotopic (exact) mass is 979 g/mol. The first-order valence-corrected chi connectivity index (χ1v) is 28.3. The predicted molar refractivity (Wildman–Crippen MR) is 306 cm³/mol. The van der Waals surface area contributed by atoms with Crippen LogP contribution in [0.2, 0.25) is 0 Å². The number of carbonyl (C=O) groups is 3. The van der Waals surface area contributed by atoms with Gasteiger partial charge < -0.3 is 14.2 Å². The lowest BCUT2D eigenvalue weighted by molar-refractivity contribution is -0.167. The second kappa shape index (κ2) is 57.9. The average Bonchev–Trinajstić information content (AvgIpc) is 3.37. The van der Waals surface area contributed by atoms with E-state index in [0.29, 0.717) is 19.3 Å². The van der Waals surface area contributed by atoms with Gasteiger partial charge in [0.05, 0.1) is 0 Å². The molecular weight excluding hydrogens is 877 g/mol. The van der Waals surface area contributed by atoms with Crippen molar-refractivity contribution in [3.8, 4) is 0 Å². The summed E-state index contributed by atoms with van der Waals surface area (Å²) in [5.74, 6) is -1.04. The maximum Gasteiger partial charge on any atom is 0.306 e. The molecule has 0 saturated carbocycles. The lowest BCUT2D eigenvalue weighted by atomic mass is 10.1. The molecule has 0 aromatic heterocycles. The number of carbonyl (C=O) groups excluding carboxylic acids is 3. The molecule has 398 valence electrons. The van der Waals surface area contributed by atoms with Crippen LogP contribution in [0.25, 0.3) is 0 Å². The summed E-state index contributed by atoms with van der Waals surface area (Å²) in [6.07, 6.45) is 82.6. The van der Waals surface area contributed by atoms with E-state index in [1.165, 1.54) is 51.4 Å². The molecule has 0 amide bonds. The van der Waals surface area contributed by atoms with Crippen molar-refractivity contribution >= 4 is 17.9 Å². The van der Waals surface area contributed by atoms with Crippen LogP contribution in [0.4, 0.5) is 0 Å². The Morgan fingerprint density at radius 2 is 0.563 bits per heavy atom. The van der Waals surface area contributed by atoms with Gasteiger partial charge in [0.2, 0.25) is 0 Å². The maximum absolute atomic E-state index is 12.9. The van der Waals surface area contributed by atoms with Crippen LogP contribution in [-0.4, -0.2) is 37.2 Å². The topological polar surface area (TPSA) is 78.9 Å². The number of esters is 3. The minimum absolute atomic E-state index is 0.126. The SMILES string of the molecule is CC/C=C\C/C=C\C/C=C\C/C=C\C/C=C\CCCCCC(=O)O[C@H](COC(=O)CCC/C=C\C/C=C\C/C=C\C/C=C\CCCCC)COC(=O)CCCCCC/C=C\C/C=C\C/C=C\CCCCC. The molecule has 0 saturated heterocycles. The Hall–Kier alpha value is -4.71. The zero-order valence-corrected chi connectivity index (χ0v) is 45.4. The molecule has 0 aliphatic rings. The van der Waals surface area contributed by atoms with Gasteiger partial charge in [0.1, 0.15) is 13.2 Å². The number of hydrogen-bond acceptors (Lipinski definition) is 6. The molecule has 0 bridgehead atoms. The molecule has 0 radical (unpaired) electrons. The van der Waals surface area contributed by atoms with Crippen LogP contribution in [0.1, 0.15) is 226 Å². The summed E-state index contributed by atoms with van der Waals surface area (Å²) in [6, 6.07) is 0. The quantitative estimate of drug-likeness (QED) is 0.0262. The Morgan fingerprint density at radius 1 is 0.296 bits per heavy atom. The van der Waals surface area contributed by atoms with Gasteiger partial charge in [0.25, 0.3) is 0 Å². The fourth-order valence-corrected chi connectivity index (χ4v) is 7.05. The van der Waals surface area contributed by atoms with Crippen molar-refractivity contribution in [2.75, 3.05) is 13.2 Å². The summed E-state index contributed by atoms with van der Waals surface area (Å²) in [5.41, 5.74) is 0. The second-order valence-electron chi connectivity index (χ2n) is 18.1. The van der Waals surface area contributed by atoms with Gasteiger partial charge in [0.15, 0.2) is 6.10 Å². The van der Waals surface area contributed by atoms with E-state index in [2.05, 4.69) is 167 Å². The van der Waals surface area contributed by atoms with E-state index in [9.17, 15) is 14.4 Å². The van der Waals surface area contributed by atoms with E-state index < -0.39 is 6.10 Å². The summed E-state index contributed by atoms with van der Waals surface area (Å²) >= 11 is 0. The van der Waals surface area contributed by atoms with Crippen molar-refractivity contribution in [1.29, 1.82) is 0 Å². The summed E-state index contributed by atoms with van der Waals surface area (Å²) < 4.78 is 16.8. The van der Waals surface area contributed by atoms with Crippen molar-refractivity contribution in [1.82, 2.24) is 0 Å². The van der Waals surface area contributed by atoms with Crippen LogP contribution in [0.5, 0.6) is 0 Å². The zero-order valence-electron chi connectivity index (χ0n) is 45.4. The van der Waals surface area contributed by atoms with E-state index in [-0.39, 0.29) is 44.0 Å². The summed E-state index contributed by atoms with van der Waals surface area (Å²) in [6.45, 7) is 6.36. The Labute approximate surface area is 436 Å². The molecule has 0 heterocycles. The van der Waals surface area contributed by atoms with Crippen molar-refractivity contribution in [3.63, 3.8) is 0 Å². The average molecular weight is 980 g/mol. The zero-order chi connectivity index (χ0) is 51.4. The van der Waals surface area contributed by atoms with Gasteiger partial charge in [-0.15, -0.1) is 0 Å². The first kappa shape index (κ1) is 66.3. The van der Waals surface area contributed by atoms with Gasteiger partial charge in [0, 0.05) is 19.3 Å². The highest BCUT2D eigenvalue weighted by molar-refractivity contribution is 5.71. The lowest BCUT2D eigenvalue weighted by Gasteiger charge is -2.18. The van der Waals surface area contributed by atoms with Crippen LogP contribution in [0.3, 0.4) is 0 Å². The first-order valence-electron chi connectivity index (χ1n) is 28.3. The van der Waals surface area contributed by atoms with Crippen molar-refractivity contribution < 1.29 is 28.6 Å². The molecule has 1 atom stereocenters. The molecule has 0 aliphatic carbocycles. The van der Waals surface area contributed by atoms with Crippen molar-refractivity contribution in [3.05, 3.63) is 146 Å². The Bertz CT molecular complexity index is 1590. The molecule has 0 fully saturated rings. The van der Waals surface area contributed by atoms with Gasteiger partial charge in [-0.2, -0.15) is 0 Å². The van der Waals surface area contributed by atoms with Crippen LogP contribution in [0.15, 0.2) is 146 Å². The van der Waals surface area contributed by atoms with Crippen LogP contribution < -0.4 is 0 Å². The Balaban J connectivity index is 4.61. The highest BCUT2D eigenvalue weighted by atomic mass is 16.6. The van der Waals surface area contributed by atoms with Crippen LogP contribution >= 0.6 is 0 Å². The van der Waals surface area contributed by atoms with Crippen LogP contribution in [-0.2, 0) is 28.6 Å². The first-order chi connectivity index (χ1) is 35.0. The Kier molecular flexibility index (Phi) is 54.0. The van der Waals surface area contributed by atoms with Gasteiger partial charge in [-0.3, -0.25) is 14.4 Å². The number of ether oxygens (including phenoxy) is 3. The van der Waals surface area contributed by atoms with Gasteiger partial charge >= 0.3 is 17.9 Å². The van der Waals surface area contributed by atoms with E-state index in [1.54, 1.807) is 0 Å². The molecule has 0 aromatic rings. The Morgan fingerprint density at radius 3 is 0.915 bits per heavy atom. The van der Waals surface area contributed by atoms with Crippen molar-refractivity contribution in [2.45, 2.75) is 232 Å². The van der Waals surface area contributed by atoms with E-state index in [0.717, 1.165) is 122 Å². The second-order valence-corrected chi connectivity index (χ2v) is 18.1. The van der Waals surface area contributed by atoms with Crippen LogP contribution in [0, 0.1) is 0 Å². The molecule has 0 rings (SSSR count). The molecule has 6 heteroatoms. The molecule has 6 nitrogen and oxygen atoms in total. The summed E-state index contributed by atoms with van der Waals surface area (Å²) in [4.78, 5) is 38.1. The smallest absolute Gasteiger partial charge is 0.306 e. The highest BCUT2D eigenvalue weighted by Gasteiger charge is 2.19. The summed E-state index contributed by atoms with van der Waals surface area (Å²) in [5, 5.41) is 0. The molecule has 0 aromatic carbocycles. The minimum Gasteiger partial charge on any atom is -0.462 e. The fraction of sp³-hybridized carbons (Fsp3) is 0.585. The molecule has 0 N–H and O–H groups in total. The van der Waals surface area contributed by atoms with Gasteiger partial charge in [-0.05, 0) is 141 Å². The number of rotatable bonds is 49. The highest BCUT2D eigenvalue weighted by Crippen LogP contribution is 2.11. The predicted octanol–water partition coefficient (Wildman–Crippen LogP) is 19.2. The number of allylic oxidation sites excluding steroid dienone is 24. The number of hydrogen-bond donors (Lipinski definition) is 0. The van der Waals surface area contributed by atoms with Gasteiger partial charge in [-0.25, -0.2) is 0 Å². The third kappa shape index (κ3) is 56.1. The summed E-state index contributed by atoms with van der Waals surface area (Å²) in [7, 11) is 0. The number of unbranched alkanes of at least 4 members (excludes halogenated alkanes) is 14. The lowest BCUT2D eigenvalue weighted by Crippen LogP contribution is -2.30. The largest absolute Gasteiger partial charge is 0.462 e. The third-order valence-electron chi connectivity index (χ3n) is 11.3.